The van der Waals surface area contributed by atoms with Gasteiger partial charge in [0.2, 0.25) is 5.95 Å². The SMILES string of the molecule is [B]c1cn(-c2ccc(F)cc2)c2cnc(NCCCC)nc12. The zero-order valence-electron chi connectivity index (χ0n) is 12.4. The van der Waals surface area contributed by atoms with E-state index in [1.54, 1.807) is 24.5 Å². The molecule has 2 radical (unpaired) electrons. The maximum absolute atomic E-state index is 13.1. The normalized spacial score (nSPS) is 11.0. The van der Waals surface area contributed by atoms with E-state index in [-0.39, 0.29) is 5.82 Å². The summed E-state index contributed by atoms with van der Waals surface area (Å²) in [7, 11) is 6.06. The van der Waals surface area contributed by atoms with Crippen LogP contribution in [0, 0.1) is 5.82 Å². The van der Waals surface area contributed by atoms with Crippen molar-refractivity contribution in [3.63, 3.8) is 0 Å². The van der Waals surface area contributed by atoms with Crippen LogP contribution in [0.1, 0.15) is 19.8 Å². The Hall–Kier alpha value is -2.37. The van der Waals surface area contributed by atoms with Crippen molar-refractivity contribution < 1.29 is 4.39 Å². The molecule has 0 aliphatic heterocycles. The predicted molar refractivity (Wildman–Crippen MR) is 87.6 cm³/mol. The van der Waals surface area contributed by atoms with Gasteiger partial charge in [0.15, 0.2) is 0 Å². The molecule has 0 amide bonds. The minimum atomic E-state index is -0.271. The Morgan fingerprint density at radius 2 is 2.05 bits per heavy atom. The molecular weight excluding hydrogens is 278 g/mol. The Bertz CT molecular complexity index is 783. The molecule has 0 aliphatic rings. The van der Waals surface area contributed by atoms with Crippen LogP contribution in [0.15, 0.2) is 36.7 Å². The van der Waals surface area contributed by atoms with Crippen molar-refractivity contribution in [1.29, 1.82) is 0 Å². The first kappa shape index (κ1) is 14.6. The number of nitrogens with zero attached hydrogens (tertiary/aromatic N) is 3. The van der Waals surface area contributed by atoms with Crippen molar-refractivity contribution in [2.24, 2.45) is 0 Å². The van der Waals surface area contributed by atoms with E-state index in [0.717, 1.165) is 30.6 Å². The van der Waals surface area contributed by atoms with Crippen LogP contribution in [0.25, 0.3) is 16.7 Å². The van der Waals surface area contributed by atoms with E-state index in [9.17, 15) is 4.39 Å². The van der Waals surface area contributed by atoms with Gasteiger partial charge < -0.3 is 9.88 Å². The highest BCUT2D eigenvalue weighted by molar-refractivity contribution is 6.38. The molecule has 0 atom stereocenters. The van der Waals surface area contributed by atoms with Crippen molar-refractivity contribution in [2.75, 3.05) is 11.9 Å². The number of unbranched alkanes of at least 4 members (excludes halogenated alkanes) is 1. The number of aromatic nitrogens is 3. The van der Waals surface area contributed by atoms with Gasteiger partial charge in [-0.05, 0) is 30.7 Å². The van der Waals surface area contributed by atoms with Crippen molar-refractivity contribution in [2.45, 2.75) is 19.8 Å². The van der Waals surface area contributed by atoms with Crippen LogP contribution in [-0.2, 0) is 0 Å². The lowest BCUT2D eigenvalue weighted by molar-refractivity contribution is 0.627. The quantitative estimate of drug-likeness (QED) is 0.581. The van der Waals surface area contributed by atoms with E-state index in [1.807, 2.05) is 4.57 Å². The maximum Gasteiger partial charge on any atom is 0.223 e. The molecule has 0 bridgehead atoms. The van der Waals surface area contributed by atoms with Gasteiger partial charge in [0, 0.05) is 18.4 Å². The van der Waals surface area contributed by atoms with E-state index in [2.05, 4.69) is 22.2 Å². The molecule has 3 aromatic rings. The van der Waals surface area contributed by atoms with E-state index in [0.29, 0.717) is 16.9 Å². The fraction of sp³-hybridized carbons (Fsp3) is 0.250. The fourth-order valence-corrected chi connectivity index (χ4v) is 2.31. The van der Waals surface area contributed by atoms with Crippen LogP contribution < -0.4 is 10.8 Å². The molecule has 4 nitrogen and oxygen atoms in total. The van der Waals surface area contributed by atoms with Crippen molar-refractivity contribution in [3.8, 4) is 5.69 Å². The van der Waals surface area contributed by atoms with Crippen LogP contribution >= 0.6 is 0 Å². The summed E-state index contributed by atoms with van der Waals surface area (Å²) in [5.41, 5.74) is 2.88. The summed E-state index contributed by atoms with van der Waals surface area (Å²) in [6.07, 6.45) is 5.69. The van der Waals surface area contributed by atoms with E-state index in [4.69, 9.17) is 7.85 Å². The van der Waals surface area contributed by atoms with Gasteiger partial charge in [-0.15, -0.1) is 0 Å². The third kappa shape index (κ3) is 2.82. The Kier molecular flexibility index (Phi) is 4.09. The van der Waals surface area contributed by atoms with Crippen LogP contribution in [0.2, 0.25) is 0 Å². The second-order valence-electron chi connectivity index (χ2n) is 5.14. The van der Waals surface area contributed by atoms with Gasteiger partial charge >= 0.3 is 0 Å². The summed E-state index contributed by atoms with van der Waals surface area (Å²) < 4.78 is 14.9. The third-order valence-corrected chi connectivity index (χ3v) is 3.49. The average molecular weight is 294 g/mol. The summed E-state index contributed by atoms with van der Waals surface area (Å²) in [6.45, 7) is 2.97. The second kappa shape index (κ2) is 6.18. The van der Waals surface area contributed by atoms with Crippen LogP contribution in [0.3, 0.4) is 0 Å². The number of rotatable bonds is 5. The first-order chi connectivity index (χ1) is 10.7. The first-order valence-corrected chi connectivity index (χ1v) is 7.32. The molecule has 2 aromatic heterocycles. The molecule has 2 heterocycles. The summed E-state index contributed by atoms with van der Waals surface area (Å²) in [5.74, 6) is 0.302. The molecule has 110 valence electrons. The summed E-state index contributed by atoms with van der Waals surface area (Å²) in [6, 6.07) is 6.22. The molecule has 6 heteroatoms. The zero-order valence-corrected chi connectivity index (χ0v) is 12.4. The highest BCUT2D eigenvalue weighted by Crippen LogP contribution is 2.18. The zero-order chi connectivity index (χ0) is 15.5. The molecule has 1 N–H and O–H groups in total. The Morgan fingerprint density at radius 1 is 1.27 bits per heavy atom. The number of anilines is 1. The first-order valence-electron chi connectivity index (χ1n) is 7.32. The smallest absolute Gasteiger partial charge is 0.223 e. The highest BCUT2D eigenvalue weighted by atomic mass is 19.1. The molecule has 1 aromatic carbocycles. The largest absolute Gasteiger partial charge is 0.354 e. The number of fused-ring (bicyclic) bond motifs is 1. The predicted octanol–water partition coefficient (Wildman–Crippen LogP) is 2.57. The lowest BCUT2D eigenvalue weighted by Gasteiger charge is -2.06. The Morgan fingerprint density at radius 3 is 2.77 bits per heavy atom. The Balaban J connectivity index is 1.98. The number of nitrogens with one attached hydrogen (secondary N) is 1. The molecule has 22 heavy (non-hydrogen) atoms. The maximum atomic E-state index is 13.1. The minimum Gasteiger partial charge on any atom is -0.354 e. The van der Waals surface area contributed by atoms with E-state index in [1.165, 1.54) is 12.1 Å². The van der Waals surface area contributed by atoms with Gasteiger partial charge in [0.25, 0.3) is 0 Å². The molecular formula is C16H16BFN4. The molecule has 0 saturated heterocycles. The van der Waals surface area contributed by atoms with Crippen molar-refractivity contribution >= 4 is 30.3 Å². The lowest BCUT2D eigenvalue weighted by Crippen LogP contribution is -2.07. The van der Waals surface area contributed by atoms with Gasteiger partial charge in [0.1, 0.15) is 13.7 Å². The fourth-order valence-electron chi connectivity index (χ4n) is 2.31. The van der Waals surface area contributed by atoms with Gasteiger partial charge in [-0.25, -0.2) is 14.4 Å². The summed E-state index contributed by atoms with van der Waals surface area (Å²) >= 11 is 0. The van der Waals surface area contributed by atoms with E-state index >= 15 is 0 Å². The number of benzene rings is 1. The number of hydrogen-bond donors (Lipinski definition) is 1. The van der Waals surface area contributed by atoms with Crippen LogP contribution in [0.4, 0.5) is 10.3 Å². The van der Waals surface area contributed by atoms with Gasteiger partial charge in [0.05, 0.1) is 17.2 Å². The van der Waals surface area contributed by atoms with Crippen molar-refractivity contribution in [1.82, 2.24) is 14.5 Å². The highest BCUT2D eigenvalue weighted by Gasteiger charge is 2.10. The van der Waals surface area contributed by atoms with Crippen LogP contribution in [0.5, 0.6) is 0 Å². The molecule has 0 unspecified atom stereocenters. The molecule has 0 spiro atoms. The van der Waals surface area contributed by atoms with Gasteiger partial charge in [-0.3, -0.25) is 0 Å². The molecule has 0 fully saturated rings. The average Bonchev–Trinajstić information content (AvgIpc) is 2.85. The number of hydrogen-bond acceptors (Lipinski definition) is 3. The Labute approximate surface area is 129 Å². The van der Waals surface area contributed by atoms with E-state index < -0.39 is 0 Å². The second-order valence-corrected chi connectivity index (χ2v) is 5.14. The monoisotopic (exact) mass is 294 g/mol. The standard InChI is InChI=1S/C16H16BFN4/c1-2-3-8-19-16-20-9-14-15(21-16)13(17)10-22(14)12-6-4-11(18)5-7-12/h4-7,9-10H,2-3,8H2,1H3,(H,19,20,21). The lowest BCUT2D eigenvalue weighted by atomic mass is 9.99. The summed E-state index contributed by atoms with van der Waals surface area (Å²) in [5, 5.41) is 3.18. The van der Waals surface area contributed by atoms with Crippen molar-refractivity contribution in [3.05, 3.63) is 42.5 Å². The third-order valence-electron chi connectivity index (χ3n) is 3.49. The van der Waals surface area contributed by atoms with Gasteiger partial charge in [-0.1, -0.05) is 18.8 Å². The molecule has 3 rings (SSSR count). The minimum absolute atomic E-state index is 0.271. The molecule has 0 saturated carbocycles. The van der Waals surface area contributed by atoms with Gasteiger partial charge in [-0.2, -0.15) is 0 Å². The molecule has 0 aliphatic carbocycles. The topological polar surface area (TPSA) is 42.7 Å². The summed E-state index contributed by atoms with van der Waals surface area (Å²) in [4.78, 5) is 8.79. The van der Waals surface area contributed by atoms with Crippen LogP contribution in [-0.4, -0.2) is 28.9 Å². The number of halogens is 1.